The van der Waals surface area contributed by atoms with Gasteiger partial charge >= 0.3 is 5.97 Å². The lowest BCUT2D eigenvalue weighted by Crippen LogP contribution is -2.22. The van der Waals surface area contributed by atoms with Crippen LogP contribution in [0, 0.1) is 12.7 Å². The largest absolute Gasteiger partial charge is 0.481 e. The van der Waals surface area contributed by atoms with Crippen molar-refractivity contribution >= 4 is 11.7 Å². The summed E-state index contributed by atoms with van der Waals surface area (Å²) in [6, 6.07) is 4.59. The number of aliphatic carboxylic acids is 1. The molecular formula is C11H14FNO3. The van der Waals surface area contributed by atoms with E-state index in [-0.39, 0.29) is 18.8 Å². The maximum atomic E-state index is 13.1. The van der Waals surface area contributed by atoms with Crippen molar-refractivity contribution in [3.8, 4) is 0 Å². The number of hydrogen-bond donors (Lipinski definition) is 3. The normalized spacial score (nSPS) is 12.2. The van der Waals surface area contributed by atoms with Crippen LogP contribution in [0.3, 0.4) is 0 Å². The zero-order valence-corrected chi connectivity index (χ0v) is 8.90. The summed E-state index contributed by atoms with van der Waals surface area (Å²) in [5, 5.41) is 20.4. The molecule has 5 heteroatoms. The van der Waals surface area contributed by atoms with Gasteiger partial charge in [0, 0.05) is 12.2 Å². The Balaban J connectivity index is 2.48. The van der Waals surface area contributed by atoms with Crippen LogP contribution in [-0.4, -0.2) is 28.8 Å². The van der Waals surface area contributed by atoms with Gasteiger partial charge in [-0.1, -0.05) is 6.07 Å². The van der Waals surface area contributed by atoms with Gasteiger partial charge in [-0.25, -0.2) is 4.39 Å². The highest BCUT2D eigenvalue weighted by atomic mass is 19.1. The van der Waals surface area contributed by atoms with Crippen LogP contribution in [0.15, 0.2) is 18.2 Å². The fourth-order valence-electron chi connectivity index (χ4n) is 1.21. The van der Waals surface area contributed by atoms with E-state index >= 15 is 0 Å². The van der Waals surface area contributed by atoms with E-state index in [0.29, 0.717) is 11.3 Å². The number of halogens is 1. The summed E-state index contributed by atoms with van der Waals surface area (Å²) < 4.78 is 13.1. The quantitative estimate of drug-likeness (QED) is 0.710. The molecule has 0 fully saturated rings. The third-order valence-electron chi connectivity index (χ3n) is 2.12. The number of carboxylic acid groups (broad SMARTS) is 1. The van der Waals surface area contributed by atoms with Gasteiger partial charge in [-0.05, 0) is 24.6 Å². The van der Waals surface area contributed by atoms with Gasteiger partial charge in [-0.2, -0.15) is 0 Å². The van der Waals surface area contributed by atoms with Crippen LogP contribution >= 0.6 is 0 Å². The summed E-state index contributed by atoms with van der Waals surface area (Å²) >= 11 is 0. The number of aliphatic hydroxyl groups is 1. The van der Waals surface area contributed by atoms with Crippen LogP contribution in [0.1, 0.15) is 12.0 Å². The second-order valence-electron chi connectivity index (χ2n) is 3.60. The predicted octanol–water partition coefficient (Wildman–Crippen LogP) is 1.38. The van der Waals surface area contributed by atoms with Crippen LogP contribution < -0.4 is 5.32 Å². The first-order valence-electron chi connectivity index (χ1n) is 4.89. The van der Waals surface area contributed by atoms with Gasteiger partial charge in [-0.15, -0.1) is 0 Å². The maximum Gasteiger partial charge on any atom is 0.306 e. The maximum absolute atomic E-state index is 13.1. The van der Waals surface area contributed by atoms with E-state index in [0.717, 1.165) is 0 Å². The first-order valence-corrected chi connectivity index (χ1v) is 4.89. The number of aryl methyl sites for hydroxylation is 1. The molecular weight excluding hydrogens is 213 g/mol. The number of aliphatic hydroxyl groups excluding tert-OH is 1. The monoisotopic (exact) mass is 227 g/mol. The van der Waals surface area contributed by atoms with E-state index in [1.165, 1.54) is 6.07 Å². The van der Waals surface area contributed by atoms with E-state index in [4.69, 9.17) is 5.11 Å². The minimum Gasteiger partial charge on any atom is -0.481 e. The van der Waals surface area contributed by atoms with Crippen molar-refractivity contribution in [2.24, 2.45) is 0 Å². The molecule has 0 aliphatic carbocycles. The summed E-state index contributed by atoms with van der Waals surface area (Å²) in [4.78, 5) is 10.3. The SMILES string of the molecule is Cc1ccc(NCC(O)CC(=O)O)cc1F. The van der Waals surface area contributed by atoms with Gasteiger partial charge in [0.15, 0.2) is 0 Å². The molecule has 0 radical (unpaired) electrons. The van der Waals surface area contributed by atoms with Gasteiger partial charge in [0.1, 0.15) is 5.82 Å². The lowest BCUT2D eigenvalue weighted by Gasteiger charge is -2.11. The zero-order valence-electron chi connectivity index (χ0n) is 8.90. The Morgan fingerprint density at radius 3 is 2.81 bits per heavy atom. The second kappa shape index (κ2) is 5.46. The van der Waals surface area contributed by atoms with E-state index in [1.807, 2.05) is 0 Å². The molecule has 0 saturated carbocycles. The molecule has 1 unspecified atom stereocenters. The molecule has 0 aliphatic rings. The first-order chi connectivity index (χ1) is 7.49. The van der Waals surface area contributed by atoms with Crippen LogP contribution in [0.25, 0.3) is 0 Å². The minimum absolute atomic E-state index is 0.0782. The van der Waals surface area contributed by atoms with Gasteiger partial charge in [0.25, 0.3) is 0 Å². The molecule has 1 aromatic carbocycles. The van der Waals surface area contributed by atoms with Gasteiger partial charge < -0.3 is 15.5 Å². The third kappa shape index (κ3) is 3.86. The fourth-order valence-corrected chi connectivity index (χ4v) is 1.21. The molecule has 0 aromatic heterocycles. The van der Waals surface area contributed by atoms with E-state index < -0.39 is 12.1 Å². The molecule has 1 aromatic rings. The third-order valence-corrected chi connectivity index (χ3v) is 2.12. The summed E-state index contributed by atoms with van der Waals surface area (Å²) in [7, 11) is 0. The van der Waals surface area contributed by atoms with E-state index in [9.17, 15) is 14.3 Å². The number of anilines is 1. The molecule has 0 aliphatic heterocycles. The Bertz CT molecular complexity index is 381. The number of nitrogens with one attached hydrogen (secondary N) is 1. The fraction of sp³-hybridized carbons (Fsp3) is 0.364. The Morgan fingerprint density at radius 2 is 2.25 bits per heavy atom. The van der Waals surface area contributed by atoms with Crippen LogP contribution in [0.2, 0.25) is 0 Å². The van der Waals surface area contributed by atoms with Crippen molar-refractivity contribution < 1.29 is 19.4 Å². The number of rotatable bonds is 5. The highest BCUT2D eigenvalue weighted by molar-refractivity contribution is 5.67. The molecule has 0 saturated heterocycles. The highest BCUT2D eigenvalue weighted by Crippen LogP contribution is 2.13. The van der Waals surface area contributed by atoms with Gasteiger partial charge in [0.05, 0.1) is 12.5 Å². The molecule has 0 heterocycles. The van der Waals surface area contributed by atoms with Crippen LogP contribution in [-0.2, 0) is 4.79 Å². The molecule has 4 nitrogen and oxygen atoms in total. The minimum atomic E-state index is -1.07. The van der Waals surface area contributed by atoms with Crippen molar-refractivity contribution in [2.75, 3.05) is 11.9 Å². The zero-order chi connectivity index (χ0) is 12.1. The van der Waals surface area contributed by atoms with Gasteiger partial charge in [-0.3, -0.25) is 4.79 Å². The van der Waals surface area contributed by atoms with Crippen molar-refractivity contribution in [1.82, 2.24) is 0 Å². The Morgan fingerprint density at radius 1 is 1.56 bits per heavy atom. The lowest BCUT2D eigenvalue weighted by atomic mass is 10.2. The Kier molecular flexibility index (Phi) is 4.25. The Labute approximate surface area is 92.7 Å². The van der Waals surface area contributed by atoms with Crippen molar-refractivity contribution in [2.45, 2.75) is 19.4 Å². The average Bonchev–Trinajstić information content (AvgIpc) is 2.19. The summed E-state index contributed by atoms with van der Waals surface area (Å²) in [6.07, 6.45) is -1.32. The smallest absolute Gasteiger partial charge is 0.306 e. The summed E-state index contributed by atoms with van der Waals surface area (Å²) in [5.41, 5.74) is 1.06. The van der Waals surface area contributed by atoms with Crippen LogP contribution in [0.5, 0.6) is 0 Å². The van der Waals surface area contributed by atoms with Gasteiger partial charge in [0.2, 0.25) is 0 Å². The molecule has 0 bridgehead atoms. The number of carbonyl (C=O) groups is 1. The first kappa shape index (κ1) is 12.4. The number of benzene rings is 1. The van der Waals surface area contributed by atoms with Crippen molar-refractivity contribution in [3.63, 3.8) is 0 Å². The van der Waals surface area contributed by atoms with Crippen molar-refractivity contribution in [1.29, 1.82) is 0 Å². The molecule has 0 amide bonds. The average molecular weight is 227 g/mol. The highest BCUT2D eigenvalue weighted by Gasteiger charge is 2.09. The molecule has 16 heavy (non-hydrogen) atoms. The van der Waals surface area contributed by atoms with E-state index in [2.05, 4.69) is 5.32 Å². The predicted molar refractivity (Wildman–Crippen MR) is 57.9 cm³/mol. The molecule has 0 spiro atoms. The van der Waals surface area contributed by atoms with E-state index in [1.54, 1.807) is 19.1 Å². The molecule has 1 rings (SSSR count). The number of carboxylic acids is 1. The molecule has 88 valence electrons. The lowest BCUT2D eigenvalue weighted by molar-refractivity contribution is -0.138. The topological polar surface area (TPSA) is 69.6 Å². The Hall–Kier alpha value is -1.62. The summed E-state index contributed by atoms with van der Waals surface area (Å²) in [6.45, 7) is 1.73. The molecule has 1 atom stereocenters. The van der Waals surface area contributed by atoms with Crippen LogP contribution in [0.4, 0.5) is 10.1 Å². The standard InChI is InChI=1S/C11H14FNO3/c1-7-2-3-8(4-10(7)12)13-6-9(14)5-11(15)16/h2-4,9,13-14H,5-6H2,1H3,(H,15,16). The van der Waals surface area contributed by atoms with Crippen molar-refractivity contribution in [3.05, 3.63) is 29.6 Å². The second-order valence-corrected chi connectivity index (χ2v) is 3.60. The molecule has 3 N–H and O–H groups in total. The number of hydrogen-bond acceptors (Lipinski definition) is 3. The summed E-state index contributed by atoms with van der Waals surface area (Å²) in [5.74, 6) is -1.40.